The molecule has 0 amide bonds. The Morgan fingerprint density at radius 1 is 1.25 bits per heavy atom. The van der Waals surface area contributed by atoms with Gasteiger partial charge in [0, 0.05) is 25.3 Å². The van der Waals surface area contributed by atoms with E-state index in [1.165, 1.54) is 37.9 Å². The Kier molecular flexibility index (Phi) is 4.87. The van der Waals surface area contributed by atoms with Crippen molar-refractivity contribution in [1.82, 2.24) is 10.3 Å². The van der Waals surface area contributed by atoms with Gasteiger partial charge in [-0.05, 0) is 56.3 Å². The Bertz CT molecular complexity index is 430. The lowest BCUT2D eigenvalue weighted by molar-refractivity contribution is 0.124. The number of hydrogen-bond acceptors (Lipinski definition) is 4. The quantitative estimate of drug-likeness (QED) is 0.780. The predicted octanol–water partition coefficient (Wildman–Crippen LogP) is 2.00. The molecule has 2 N–H and O–H groups in total. The zero-order valence-corrected chi connectivity index (χ0v) is 12.2. The molecule has 0 aromatic carbocycles. The maximum absolute atomic E-state index is 5.76. The van der Waals surface area contributed by atoms with Gasteiger partial charge >= 0.3 is 0 Å². The van der Waals surface area contributed by atoms with Crippen LogP contribution in [-0.4, -0.2) is 37.8 Å². The van der Waals surface area contributed by atoms with Crippen molar-refractivity contribution in [3.63, 3.8) is 0 Å². The number of nitrogens with zero attached hydrogens (tertiary/aromatic N) is 1. The van der Waals surface area contributed by atoms with E-state index >= 15 is 0 Å². The lowest BCUT2D eigenvalue weighted by atomic mass is 10.1. The van der Waals surface area contributed by atoms with Crippen molar-refractivity contribution in [1.29, 1.82) is 0 Å². The average molecular weight is 275 g/mol. The third-order valence-electron chi connectivity index (χ3n) is 4.29. The molecule has 2 aliphatic heterocycles. The lowest BCUT2D eigenvalue weighted by Gasteiger charge is -2.17. The number of ether oxygens (including phenoxy) is 1. The highest BCUT2D eigenvalue weighted by atomic mass is 16.5. The highest BCUT2D eigenvalue weighted by Crippen LogP contribution is 2.19. The normalized spacial score (nSPS) is 21.5. The molecule has 3 heterocycles. The van der Waals surface area contributed by atoms with Crippen molar-refractivity contribution in [2.45, 2.75) is 32.1 Å². The van der Waals surface area contributed by atoms with Gasteiger partial charge in [0.2, 0.25) is 0 Å². The molecule has 0 saturated carbocycles. The van der Waals surface area contributed by atoms with Crippen molar-refractivity contribution in [2.24, 2.45) is 5.92 Å². The average Bonchev–Trinajstić information content (AvgIpc) is 3.00. The van der Waals surface area contributed by atoms with Gasteiger partial charge in [-0.15, -0.1) is 0 Å². The topological polar surface area (TPSA) is 46.2 Å². The van der Waals surface area contributed by atoms with E-state index in [4.69, 9.17) is 4.74 Å². The maximum Gasteiger partial charge on any atom is 0.129 e. The summed E-state index contributed by atoms with van der Waals surface area (Å²) < 4.78 is 5.76. The van der Waals surface area contributed by atoms with Gasteiger partial charge in [-0.2, -0.15) is 0 Å². The SMILES string of the molecule is c1cc2c(nc1CCOCCC1CCNC1)NCCC2. The third-order valence-corrected chi connectivity index (χ3v) is 4.29. The number of aromatic nitrogens is 1. The molecular weight excluding hydrogens is 250 g/mol. The number of anilines is 1. The molecule has 0 spiro atoms. The Morgan fingerprint density at radius 2 is 2.25 bits per heavy atom. The number of rotatable bonds is 6. The van der Waals surface area contributed by atoms with Crippen LogP contribution in [0.25, 0.3) is 0 Å². The van der Waals surface area contributed by atoms with Gasteiger partial charge in [-0.3, -0.25) is 0 Å². The van der Waals surface area contributed by atoms with Gasteiger partial charge in [-0.1, -0.05) is 6.07 Å². The van der Waals surface area contributed by atoms with E-state index in [2.05, 4.69) is 27.8 Å². The summed E-state index contributed by atoms with van der Waals surface area (Å²) in [7, 11) is 0. The highest BCUT2D eigenvalue weighted by Gasteiger charge is 2.13. The van der Waals surface area contributed by atoms with Crippen LogP contribution in [0.3, 0.4) is 0 Å². The van der Waals surface area contributed by atoms with Crippen LogP contribution in [0.15, 0.2) is 12.1 Å². The first-order valence-corrected chi connectivity index (χ1v) is 7.93. The number of aryl methyl sites for hydroxylation is 1. The summed E-state index contributed by atoms with van der Waals surface area (Å²) >= 11 is 0. The van der Waals surface area contributed by atoms with E-state index in [1.54, 1.807) is 0 Å². The van der Waals surface area contributed by atoms with Crippen LogP contribution in [0, 0.1) is 5.92 Å². The van der Waals surface area contributed by atoms with E-state index in [9.17, 15) is 0 Å². The summed E-state index contributed by atoms with van der Waals surface area (Å²) in [4.78, 5) is 4.69. The summed E-state index contributed by atoms with van der Waals surface area (Å²) in [5, 5.41) is 6.78. The Hall–Kier alpha value is -1.13. The molecule has 2 aliphatic rings. The van der Waals surface area contributed by atoms with Crippen LogP contribution in [0.4, 0.5) is 5.82 Å². The van der Waals surface area contributed by atoms with Crippen LogP contribution in [0.5, 0.6) is 0 Å². The smallest absolute Gasteiger partial charge is 0.129 e. The molecule has 1 aromatic rings. The van der Waals surface area contributed by atoms with Crippen molar-refractivity contribution < 1.29 is 4.74 Å². The number of pyridine rings is 1. The summed E-state index contributed by atoms with van der Waals surface area (Å²) in [5.41, 5.74) is 2.50. The van der Waals surface area contributed by atoms with Crippen molar-refractivity contribution in [2.75, 3.05) is 38.2 Å². The zero-order chi connectivity index (χ0) is 13.6. The Labute approximate surface area is 121 Å². The van der Waals surface area contributed by atoms with Crippen LogP contribution < -0.4 is 10.6 Å². The van der Waals surface area contributed by atoms with Crippen LogP contribution >= 0.6 is 0 Å². The molecule has 0 aliphatic carbocycles. The minimum absolute atomic E-state index is 0.784. The molecule has 1 fully saturated rings. The fourth-order valence-corrected chi connectivity index (χ4v) is 3.00. The maximum atomic E-state index is 5.76. The van der Waals surface area contributed by atoms with Crippen LogP contribution in [0.2, 0.25) is 0 Å². The highest BCUT2D eigenvalue weighted by molar-refractivity contribution is 5.46. The van der Waals surface area contributed by atoms with E-state index in [0.29, 0.717) is 0 Å². The van der Waals surface area contributed by atoms with Gasteiger partial charge in [0.05, 0.1) is 6.61 Å². The van der Waals surface area contributed by atoms with Crippen molar-refractivity contribution in [3.8, 4) is 0 Å². The summed E-state index contributed by atoms with van der Waals surface area (Å²) in [5.74, 6) is 1.91. The summed E-state index contributed by atoms with van der Waals surface area (Å²) in [6.07, 6.45) is 5.78. The van der Waals surface area contributed by atoms with Gasteiger partial charge in [-0.25, -0.2) is 4.98 Å². The van der Waals surface area contributed by atoms with Gasteiger partial charge < -0.3 is 15.4 Å². The number of fused-ring (bicyclic) bond motifs is 1. The molecule has 1 aromatic heterocycles. The van der Waals surface area contributed by atoms with Gasteiger partial charge in [0.15, 0.2) is 0 Å². The second-order valence-electron chi connectivity index (χ2n) is 5.85. The van der Waals surface area contributed by atoms with Crippen molar-refractivity contribution in [3.05, 3.63) is 23.4 Å². The van der Waals surface area contributed by atoms with Gasteiger partial charge in [0.25, 0.3) is 0 Å². The van der Waals surface area contributed by atoms with E-state index in [0.717, 1.165) is 50.0 Å². The predicted molar refractivity (Wildman–Crippen MR) is 81.2 cm³/mol. The molecule has 0 radical (unpaired) electrons. The number of hydrogen-bond donors (Lipinski definition) is 2. The van der Waals surface area contributed by atoms with Crippen LogP contribution in [-0.2, 0) is 17.6 Å². The molecular formula is C16H25N3O. The molecule has 1 unspecified atom stereocenters. The largest absolute Gasteiger partial charge is 0.381 e. The Balaban J connectivity index is 1.37. The molecule has 1 atom stereocenters. The first-order valence-electron chi connectivity index (χ1n) is 7.93. The second kappa shape index (κ2) is 7.04. The van der Waals surface area contributed by atoms with E-state index in [1.807, 2.05) is 0 Å². The van der Waals surface area contributed by atoms with E-state index in [-0.39, 0.29) is 0 Å². The molecule has 0 bridgehead atoms. The zero-order valence-electron chi connectivity index (χ0n) is 12.2. The minimum atomic E-state index is 0.784. The fraction of sp³-hybridized carbons (Fsp3) is 0.688. The van der Waals surface area contributed by atoms with Crippen molar-refractivity contribution >= 4 is 5.82 Å². The molecule has 20 heavy (non-hydrogen) atoms. The molecule has 110 valence electrons. The first-order chi connectivity index (χ1) is 9.92. The first kappa shape index (κ1) is 13.8. The van der Waals surface area contributed by atoms with E-state index < -0.39 is 0 Å². The summed E-state index contributed by atoms with van der Waals surface area (Å²) in [6, 6.07) is 4.37. The molecule has 4 nitrogen and oxygen atoms in total. The molecule has 1 saturated heterocycles. The standard InChI is InChI=1S/C16H25N3O/c1-2-14-3-4-15(19-16(14)18-8-1)7-11-20-10-6-13-5-9-17-12-13/h3-4,13,17H,1-2,5-12H2,(H,18,19). The number of nitrogens with one attached hydrogen (secondary N) is 2. The third kappa shape index (κ3) is 3.70. The monoisotopic (exact) mass is 275 g/mol. The summed E-state index contributed by atoms with van der Waals surface area (Å²) in [6.45, 7) is 5.06. The lowest BCUT2D eigenvalue weighted by Crippen LogP contribution is -2.14. The molecule has 4 heteroatoms. The second-order valence-corrected chi connectivity index (χ2v) is 5.85. The fourth-order valence-electron chi connectivity index (χ4n) is 3.00. The minimum Gasteiger partial charge on any atom is -0.381 e. The van der Waals surface area contributed by atoms with Gasteiger partial charge in [0.1, 0.15) is 5.82 Å². The van der Waals surface area contributed by atoms with Crippen LogP contribution in [0.1, 0.15) is 30.5 Å². The molecule has 3 rings (SSSR count). The Morgan fingerprint density at radius 3 is 3.15 bits per heavy atom.